The summed E-state index contributed by atoms with van der Waals surface area (Å²) < 4.78 is 28.4. The number of carbonyl (C=O) groups excluding carboxylic acids is 2. The van der Waals surface area contributed by atoms with Gasteiger partial charge in [-0.3, -0.25) is 13.9 Å². The smallest absolute Gasteiger partial charge is 0.264 e. The van der Waals surface area contributed by atoms with Gasteiger partial charge in [0.2, 0.25) is 11.8 Å². The van der Waals surface area contributed by atoms with Crippen molar-refractivity contribution in [3.63, 3.8) is 0 Å². The molecular formula is C28H31Cl2N3O4S. The Morgan fingerprint density at radius 2 is 1.42 bits per heavy atom. The molecule has 3 aromatic carbocycles. The first kappa shape index (κ1) is 29.5. The summed E-state index contributed by atoms with van der Waals surface area (Å²) in [5.74, 6) is -0.869. The number of carbonyl (C=O) groups is 2. The van der Waals surface area contributed by atoms with E-state index in [-0.39, 0.29) is 29.1 Å². The molecule has 0 radical (unpaired) electrons. The van der Waals surface area contributed by atoms with Gasteiger partial charge in [0.15, 0.2) is 0 Å². The Morgan fingerprint density at radius 3 is 1.97 bits per heavy atom. The van der Waals surface area contributed by atoms with Gasteiger partial charge in [0, 0.05) is 22.6 Å². The van der Waals surface area contributed by atoms with E-state index in [4.69, 9.17) is 23.2 Å². The van der Waals surface area contributed by atoms with Gasteiger partial charge in [0.1, 0.15) is 12.6 Å². The van der Waals surface area contributed by atoms with Crippen molar-refractivity contribution in [3.05, 3.63) is 94.5 Å². The maximum absolute atomic E-state index is 13.8. The first-order valence-corrected chi connectivity index (χ1v) is 14.4. The molecular weight excluding hydrogens is 545 g/mol. The van der Waals surface area contributed by atoms with Crippen molar-refractivity contribution < 1.29 is 18.0 Å². The Bertz CT molecular complexity index is 1330. The van der Waals surface area contributed by atoms with Crippen molar-refractivity contribution >= 4 is 50.7 Å². The van der Waals surface area contributed by atoms with Crippen LogP contribution in [0.5, 0.6) is 0 Å². The molecule has 0 saturated carbocycles. The lowest BCUT2D eigenvalue weighted by Gasteiger charge is -2.32. The number of halogens is 2. The average Bonchev–Trinajstić information content (AvgIpc) is 2.91. The van der Waals surface area contributed by atoms with Crippen LogP contribution in [0.25, 0.3) is 0 Å². The maximum Gasteiger partial charge on any atom is 0.264 e. The van der Waals surface area contributed by atoms with Gasteiger partial charge >= 0.3 is 0 Å². The second-order valence-corrected chi connectivity index (χ2v) is 11.7. The average molecular weight is 577 g/mol. The monoisotopic (exact) mass is 575 g/mol. The molecule has 0 saturated heterocycles. The van der Waals surface area contributed by atoms with Crippen LogP contribution in [0.4, 0.5) is 5.69 Å². The third-order valence-corrected chi connectivity index (χ3v) is 8.45. The zero-order chi connectivity index (χ0) is 27.9. The van der Waals surface area contributed by atoms with Crippen LogP contribution in [-0.4, -0.2) is 43.8 Å². The number of rotatable bonds is 11. The van der Waals surface area contributed by atoms with Crippen LogP contribution in [0.2, 0.25) is 10.0 Å². The van der Waals surface area contributed by atoms with Crippen LogP contribution in [0.1, 0.15) is 32.8 Å². The largest absolute Gasteiger partial charge is 0.352 e. The zero-order valence-corrected chi connectivity index (χ0v) is 23.8. The van der Waals surface area contributed by atoms with E-state index in [1.54, 1.807) is 73.7 Å². The summed E-state index contributed by atoms with van der Waals surface area (Å²) in [6.45, 7) is 5.03. The number of benzene rings is 3. The molecule has 0 heterocycles. The molecule has 2 amide bonds. The van der Waals surface area contributed by atoms with E-state index in [0.29, 0.717) is 10.0 Å². The van der Waals surface area contributed by atoms with Gasteiger partial charge in [0.25, 0.3) is 10.0 Å². The van der Waals surface area contributed by atoms with Crippen molar-refractivity contribution in [2.45, 2.75) is 50.7 Å². The quantitative estimate of drug-likeness (QED) is 0.326. The molecule has 202 valence electrons. The summed E-state index contributed by atoms with van der Waals surface area (Å²) in [6, 6.07) is 20.1. The van der Waals surface area contributed by atoms with E-state index >= 15 is 0 Å². The number of amides is 2. The lowest BCUT2D eigenvalue weighted by molar-refractivity contribution is -0.139. The van der Waals surface area contributed by atoms with Gasteiger partial charge in [-0.15, -0.1) is 0 Å². The van der Waals surface area contributed by atoms with Crippen molar-refractivity contribution in [2.75, 3.05) is 10.8 Å². The molecule has 0 aliphatic heterocycles. The van der Waals surface area contributed by atoms with Crippen molar-refractivity contribution in [1.29, 1.82) is 0 Å². The van der Waals surface area contributed by atoms with E-state index < -0.39 is 28.5 Å². The fourth-order valence-electron chi connectivity index (χ4n) is 3.69. The van der Waals surface area contributed by atoms with Crippen LogP contribution in [0.3, 0.4) is 0 Å². The van der Waals surface area contributed by atoms with Gasteiger partial charge < -0.3 is 10.2 Å². The van der Waals surface area contributed by atoms with Crippen molar-refractivity contribution in [1.82, 2.24) is 10.2 Å². The lowest BCUT2D eigenvalue weighted by Crippen LogP contribution is -2.52. The SMILES string of the molecule is CC[C@H](C)NC(=O)[C@@H](C)N(Cc1ccc(Cl)cc1)C(=O)CN(c1ccc(Cl)cc1)S(=O)(=O)c1ccccc1. The Morgan fingerprint density at radius 1 is 0.868 bits per heavy atom. The molecule has 0 fully saturated rings. The van der Waals surface area contributed by atoms with Crippen LogP contribution in [0.15, 0.2) is 83.8 Å². The Hall–Kier alpha value is -3.07. The van der Waals surface area contributed by atoms with Crippen LogP contribution >= 0.6 is 23.2 Å². The van der Waals surface area contributed by atoms with Crippen molar-refractivity contribution in [3.8, 4) is 0 Å². The molecule has 0 aromatic heterocycles. The maximum atomic E-state index is 13.8. The molecule has 0 unspecified atom stereocenters. The third-order valence-electron chi connectivity index (χ3n) is 6.16. The second-order valence-electron chi connectivity index (χ2n) is 8.94. The summed E-state index contributed by atoms with van der Waals surface area (Å²) in [7, 11) is -4.12. The van der Waals surface area contributed by atoms with Gasteiger partial charge in [0.05, 0.1) is 10.6 Å². The molecule has 3 aromatic rings. The van der Waals surface area contributed by atoms with Gasteiger partial charge in [-0.05, 0) is 74.4 Å². The fraction of sp³-hybridized carbons (Fsp3) is 0.286. The Labute approximate surface area is 234 Å². The van der Waals surface area contributed by atoms with Gasteiger partial charge in [-0.2, -0.15) is 0 Å². The molecule has 7 nitrogen and oxygen atoms in total. The molecule has 0 bridgehead atoms. The highest BCUT2D eigenvalue weighted by molar-refractivity contribution is 7.92. The molecule has 0 aliphatic rings. The highest BCUT2D eigenvalue weighted by Gasteiger charge is 2.32. The lowest BCUT2D eigenvalue weighted by atomic mass is 10.1. The summed E-state index contributed by atoms with van der Waals surface area (Å²) in [5.41, 5.74) is 1.02. The minimum Gasteiger partial charge on any atom is -0.352 e. The molecule has 2 atom stereocenters. The molecule has 1 N–H and O–H groups in total. The predicted octanol–water partition coefficient (Wildman–Crippen LogP) is 5.52. The number of anilines is 1. The minimum atomic E-state index is -4.12. The molecule has 0 aliphatic carbocycles. The number of sulfonamides is 1. The third kappa shape index (κ3) is 7.49. The van der Waals surface area contributed by atoms with Crippen molar-refractivity contribution in [2.24, 2.45) is 0 Å². The number of hydrogen-bond acceptors (Lipinski definition) is 4. The summed E-state index contributed by atoms with van der Waals surface area (Å²) in [4.78, 5) is 28.3. The van der Waals surface area contributed by atoms with E-state index in [1.807, 2.05) is 13.8 Å². The first-order chi connectivity index (χ1) is 18.0. The first-order valence-electron chi connectivity index (χ1n) is 12.2. The van der Waals surface area contributed by atoms with Gasteiger partial charge in [-0.1, -0.05) is 60.5 Å². The number of nitrogens with zero attached hydrogens (tertiary/aromatic N) is 2. The number of hydrogen-bond donors (Lipinski definition) is 1. The van der Waals surface area contributed by atoms with Crippen LogP contribution in [-0.2, 0) is 26.2 Å². The minimum absolute atomic E-state index is 0.0366. The molecule has 0 spiro atoms. The summed E-state index contributed by atoms with van der Waals surface area (Å²) >= 11 is 12.1. The van der Waals surface area contributed by atoms with Crippen LogP contribution in [0, 0.1) is 0 Å². The molecule has 3 rings (SSSR count). The Kier molecular flexibility index (Phi) is 10.2. The highest BCUT2D eigenvalue weighted by Crippen LogP contribution is 2.26. The van der Waals surface area contributed by atoms with E-state index in [9.17, 15) is 18.0 Å². The predicted molar refractivity (Wildman–Crippen MR) is 152 cm³/mol. The van der Waals surface area contributed by atoms with Gasteiger partial charge in [-0.25, -0.2) is 8.42 Å². The molecule has 38 heavy (non-hydrogen) atoms. The standard InChI is InChI=1S/C28H31Cl2N3O4S/c1-4-20(2)31-28(35)21(3)32(18-22-10-12-23(29)13-11-22)27(34)19-33(25-16-14-24(30)15-17-25)38(36,37)26-8-6-5-7-9-26/h5-17,20-21H,4,18-19H2,1-3H3,(H,31,35)/t20-,21+/m0/s1. The van der Waals surface area contributed by atoms with Crippen LogP contribution < -0.4 is 9.62 Å². The van der Waals surface area contributed by atoms with E-state index in [2.05, 4.69) is 5.32 Å². The highest BCUT2D eigenvalue weighted by atomic mass is 35.5. The number of nitrogens with one attached hydrogen (secondary N) is 1. The molecule has 10 heteroatoms. The Balaban J connectivity index is 2.00. The zero-order valence-electron chi connectivity index (χ0n) is 21.5. The second kappa shape index (κ2) is 13.1. The summed E-state index contributed by atoms with van der Waals surface area (Å²) in [6.07, 6.45) is 0.725. The van der Waals surface area contributed by atoms with E-state index in [1.165, 1.54) is 17.0 Å². The topological polar surface area (TPSA) is 86.8 Å². The normalized spacial score (nSPS) is 12.9. The van der Waals surface area contributed by atoms with E-state index in [0.717, 1.165) is 16.3 Å². The fourth-order valence-corrected chi connectivity index (χ4v) is 5.38. The summed E-state index contributed by atoms with van der Waals surface area (Å²) in [5, 5.41) is 3.87.